The fourth-order valence-electron chi connectivity index (χ4n) is 2.58. The molecule has 0 bridgehead atoms. The third kappa shape index (κ3) is 1.96. The second-order valence-corrected chi connectivity index (χ2v) is 7.06. The summed E-state index contributed by atoms with van der Waals surface area (Å²) >= 11 is -0.00968. The van der Waals surface area contributed by atoms with Gasteiger partial charge in [0.05, 0.1) is 0 Å². The number of rotatable bonds is 1. The molecule has 102 valence electrons. The number of benzene rings is 2. The molecule has 0 saturated carbocycles. The van der Waals surface area contributed by atoms with Crippen molar-refractivity contribution in [2.45, 2.75) is 6.92 Å². The van der Waals surface area contributed by atoms with Crippen LogP contribution in [0.2, 0.25) is 0 Å². The van der Waals surface area contributed by atoms with Crippen LogP contribution in [-0.2, 0) is 0 Å². The minimum absolute atomic E-state index is 0.00968. The molecule has 0 atom stereocenters. The maximum atomic E-state index is 12.7. The molecule has 4 aromatic rings. The summed E-state index contributed by atoms with van der Waals surface area (Å²) in [6.45, 7) is 1.97. The fraction of sp³-hybridized carbons (Fsp3) is 0.0588. The van der Waals surface area contributed by atoms with Crippen LogP contribution in [0.25, 0.3) is 26.2 Å². The van der Waals surface area contributed by atoms with Gasteiger partial charge in [-0.1, -0.05) is 0 Å². The van der Waals surface area contributed by atoms with Crippen LogP contribution in [0.4, 0.5) is 0 Å². The van der Waals surface area contributed by atoms with Crippen molar-refractivity contribution >= 4 is 35.3 Å². The van der Waals surface area contributed by atoms with Gasteiger partial charge in [-0.15, -0.1) is 0 Å². The van der Waals surface area contributed by atoms with Gasteiger partial charge in [0, 0.05) is 0 Å². The standard InChI is InChI=1S/C17H12N2OSe/c1-11-10-15(12-6-2-4-8-14(12)18-11)19-17(20)13-7-3-5-9-16(13)21-19/h2-10H,1H3. The minimum atomic E-state index is -0.00968. The van der Waals surface area contributed by atoms with Crippen LogP contribution in [-0.4, -0.2) is 23.3 Å². The molecule has 2 aromatic heterocycles. The van der Waals surface area contributed by atoms with E-state index < -0.39 is 0 Å². The molecule has 2 aromatic carbocycles. The Morgan fingerprint density at radius 1 is 1.00 bits per heavy atom. The van der Waals surface area contributed by atoms with Crippen LogP contribution in [0.15, 0.2) is 59.4 Å². The summed E-state index contributed by atoms with van der Waals surface area (Å²) in [5, 5.41) is 1.86. The third-order valence-electron chi connectivity index (χ3n) is 3.53. The molecule has 0 aliphatic heterocycles. The zero-order chi connectivity index (χ0) is 14.4. The average Bonchev–Trinajstić information content (AvgIpc) is 2.84. The Morgan fingerprint density at radius 2 is 1.71 bits per heavy atom. The van der Waals surface area contributed by atoms with Crippen molar-refractivity contribution in [3.63, 3.8) is 0 Å². The van der Waals surface area contributed by atoms with Gasteiger partial charge in [-0.05, 0) is 0 Å². The first-order valence-electron chi connectivity index (χ1n) is 6.72. The summed E-state index contributed by atoms with van der Waals surface area (Å²) in [4.78, 5) is 17.2. The Kier molecular flexibility index (Phi) is 2.81. The van der Waals surface area contributed by atoms with Crippen LogP contribution in [0.3, 0.4) is 0 Å². The van der Waals surface area contributed by atoms with Crippen LogP contribution >= 0.6 is 0 Å². The first-order valence-corrected chi connectivity index (χ1v) is 8.34. The maximum absolute atomic E-state index is 12.7. The van der Waals surface area contributed by atoms with E-state index in [1.54, 1.807) is 0 Å². The van der Waals surface area contributed by atoms with Crippen LogP contribution in [0, 0.1) is 6.92 Å². The van der Waals surface area contributed by atoms with Crippen LogP contribution < -0.4 is 5.56 Å². The van der Waals surface area contributed by atoms with Crippen LogP contribution in [0.1, 0.15) is 5.69 Å². The Morgan fingerprint density at radius 3 is 2.52 bits per heavy atom. The van der Waals surface area contributed by atoms with E-state index in [4.69, 9.17) is 0 Å². The van der Waals surface area contributed by atoms with Crippen molar-refractivity contribution in [2.24, 2.45) is 0 Å². The number of pyridine rings is 1. The Hall–Kier alpha value is -2.16. The number of para-hydroxylation sites is 1. The Bertz CT molecular complexity index is 1030. The van der Waals surface area contributed by atoms with E-state index in [9.17, 15) is 4.79 Å². The molecular weight excluding hydrogens is 327 g/mol. The summed E-state index contributed by atoms with van der Waals surface area (Å²) in [6.07, 6.45) is 0. The van der Waals surface area contributed by atoms with Gasteiger partial charge in [-0.25, -0.2) is 0 Å². The molecule has 21 heavy (non-hydrogen) atoms. The first kappa shape index (κ1) is 12.6. The molecule has 4 heteroatoms. The zero-order valence-corrected chi connectivity index (χ0v) is 13.1. The van der Waals surface area contributed by atoms with E-state index in [1.165, 1.54) is 0 Å². The second kappa shape index (κ2) is 4.69. The van der Waals surface area contributed by atoms with Crippen LogP contribution in [0.5, 0.6) is 0 Å². The van der Waals surface area contributed by atoms with Gasteiger partial charge in [0.2, 0.25) is 0 Å². The summed E-state index contributed by atoms with van der Waals surface area (Å²) in [6, 6.07) is 17.9. The molecule has 0 aliphatic carbocycles. The summed E-state index contributed by atoms with van der Waals surface area (Å²) in [5.41, 5.74) is 2.94. The monoisotopic (exact) mass is 340 g/mol. The van der Waals surface area contributed by atoms with Gasteiger partial charge in [0.1, 0.15) is 0 Å². The van der Waals surface area contributed by atoms with E-state index in [2.05, 4.69) is 4.98 Å². The molecule has 2 heterocycles. The molecule has 0 radical (unpaired) electrons. The molecule has 4 rings (SSSR count). The summed E-state index contributed by atoms with van der Waals surface area (Å²) in [5.74, 6) is 0. The average molecular weight is 339 g/mol. The van der Waals surface area contributed by atoms with Crippen molar-refractivity contribution < 1.29 is 0 Å². The van der Waals surface area contributed by atoms with Crippen molar-refractivity contribution in [1.29, 1.82) is 0 Å². The van der Waals surface area contributed by atoms with Crippen molar-refractivity contribution in [3.05, 3.63) is 70.6 Å². The molecule has 3 nitrogen and oxygen atoms in total. The van der Waals surface area contributed by atoms with Gasteiger partial charge in [-0.3, -0.25) is 0 Å². The van der Waals surface area contributed by atoms with Gasteiger partial charge < -0.3 is 0 Å². The van der Waals surface area contributed by atoms with E-state index in [0.717, 1.165) is 31.9 Å². The number of aryl methyl sites for hydroxylation is 1. The molecule has 0 aliphatic rings. The van der Waals surface area contributed by atoms with E-state index >= 15 is 0 Å². The molecule has 0 fully saturated rings. The molecule has 0 spiro atoms. The molecule has 0 unspecified atom stereocenters. The fourth-order valence-corrected chi connectivity index (χ4v) is 4.73. The number of fused-ring (bicyclic) bond motifs is 2. The van der Waals surface area contributed by atoms with Gasteiger partial charge in [-0.2, -0.15) is 0 Å². The molecule has 0 N–H and O–H groups in total. The number of nitrogens with zero attached hydrogens (tertiary/aromatic N) is 2. The van der Waals surface area contributed by atoms with Crippen molar-refractivity contribution in [3.8, 4) is 5.69 Å². The van der Waals surface area contributed by atoms with Gasteiger partial charge in [0.15, 0.2) is 0 Å². The predicted molar refractivity (Wildman–Crippen MR) is 86.5 cm³/mol. The Labute approximate surface area is 127 Å². The summed E-state index contributed by atoms with van der Waals surface area (Å²) < 4.78 is 3.06. The van der Waals surface area contributed by atoms with E-state index in [0.29, 0.717) is 0 Å². The third-order valence-corrected chi connectivity index (χ3v) is 5.84. The van der Waals surface area contributed by atoms with E-state index in [1.807, 2.05) is 65.1 Å². The summed E-state index contributed by atoms with van der Waals surface area (Å²) in [7, 11) is 0. The zero-order valence-electron chi connectivity index (χ0n) is 11.4. The molecule has 0 saturated heterocycles. The van der Waals surface area contributed by atoms with Crippen molar-refractivity contribution in [2.75, 3.05) is 0 Å². The topological polar surface area (TPSA) is 34.9 Å². The second-order valence-electron chi connectivity index (χ2n) is 4.99. The predicted octanol–water partition coefficient (Wildman–Crippen LogP) is 2.90. The van der Waals surface area contributed by atoms with Gasteiger partial charge >= 0.3 is 127 Å². The van der Waals surface area contributed by atoms with Crippen molar-refractivity contribution in [1.82, 2.24) is 8.55 Å². The number of hydrogen-bond donors (Lipinski definition) is 0. The van der Waals surface area contributed by atoms with E-state index in [-0.39, 0.29) is 20.3 Å². The number of aromatic nitrogens is 2. The molecule has 0 amide bonds. The normalized spacial score (nSPS) is 11.3. The quantitative estimate of drug-likeness (QED) is 0.500. The molecular formula is C17H12N2OSe. The first-order chi connectivity index (χ1) is 10.2. The Balaban J connectivity index is 2.14. The van der Waals surface area contributed by atoms with Gasteiger partial charge in [0.25, 0.3) is 0 Å². The SMILES string of the molecule is Cc1cc(-n2[se]c3ccccc3c2=O)c2ccccc2n1. The number of hydrogen-bond acceptors (Lipinski definition) is 2.